The van der Waals surface area contributed by atoms with Crippen LogP contribution in [0, 0.1) is 0 Å². The highest BCUT2D eigenvalue weighted by Crippen LogP contribution is 2.19. The fourth-order valence-corrected chi connectivity index (χ4v) is 4.60. The molecule has 0 spiro atoms. The van der Waals surface area contributed by atoms with Gasteiger partial charge in [0.2, 0.25) is 0 Å². The Morgan fingerprint density at radius 3 is 0.833 bits per heavy atom. The summed E-state index contributed by atoms with van der Waals surface area (Å²) < 4.78 is 0. The number of hydrogen-bond acceptors (Lipinski definition) is 0. The Bertz CT molecular complexity index is 403. The first-order valence-electron chi connectivity index (χ1n) is 13.9. The smallest absolute Gasteiger partial charge is 0.0279 e. The van der Waals surface area contributed by atoms with Gasteiger partial charge < -0.3 is 0 Å². The van der Waals surface area contributed by atoms with E-state index < -0.39 is 0 Å². The maximum atomic E-state index is 2.54. The lowest BCUT2D eigenvalue weighted by Gasteiger charge is -2.11. The second-order valence-corrected chi connectivity index (χ2v) is 9.71. The minimum Gasteiger partial charge on any atom is -0.0654 e. The molecule has 1 aromatic rings. The molecule has 0 heteroatoms. The van der Waals surface area contributed by atoms with Crippen molar-refractivity contribution < 1.29 is 0 Å². The third-order valence-electron chi connectivity index (χ3n) is 6.57. The zero-order valence-electron chi connectivity index (χ0n) is 21.1. The molecule has 0 atom stereocenters. The predicted molar refractivity (Wildman–Crippen MR) is 138 cm³/mol. The predicted octanol–water partition coefficient (Wildman–Crippen LogP) is 10.4. The maximum absolute atomic E-state index is 2.54. The van der Waals surface area contributed by atoms with Gasteiger partial charge in [0.1, 0.15) is 0 Å². The highest BCUT2D eigenvalue weighted by molar-refractivity contribution is 5.30. The van der Waals surface area contributed by atoms with Crippen LogP contribution in [0.3, 0.4) is 0 Å². The number of unbranched alkanes of at least 4 members (excludes halogenated alkanes) is 15. The molecule has 1 rings (SSSR count). The number of benzene rings is 1. The average Bonchev–Trinajstić information content (AvgIpc) is 2.75. The van der Waals surface area contributed by atoms with Crippen LogP contribution >= 0.6 is 0 Å². The van der Waals surface area contributed by atoms with Crippen LogP contribution in [-0.4, -0.2) is 0 Å². The van der Waals surface area contributed by atoms with Crippen molar-refractivity contribution in [3.05, 3.63) is 34.9 Å². The molecule has 1 aromatic carbocycles. The SMILES string of the molecule is CCCCCCCCc1cc(CCCCCCCC)cc(CCCCCCCC)c1. The summed E-state index contributed by atoms with van der Waals surface area (Å²) in [6.07, 6.45) is 29.1. The Hall–Kier alpha value is -0.780. The van der Waals surface area contributed by atoms with E-state index in [0.29, 0.717) is 0 Å². The normalized spacial score (nSPS) is 11.3. The molecule has 0 aromatic heterocycles. The monoisotopic (exact) mass is 414 g/mol. The van der Waals surface area contributed by atoms with Gasteiger partial charge in [-0.25, -0.2) is 0 Å². The van der Waals surface area contributed by atoms with Crippen LogP contribution in [0.15, 0.2) is 18.2 Å². The second kappa shape index (κ2) is 20.1. The first-order chi connectivity index (χ1) is 14.8. The van der Waals surface area contributed by atoms with Gasteiger partial charge in [-0.05, 0) is 55.2 Å². The first-order valence-corrected chi connectivity index (χ1v) is 13.9. The molecule has 0 fully saturated rings. The molecule has 0 aliphatic carbocycles. The largest absolute Gasteiger partial charge is 0.0654 e. The Morgan fingerprint density at radius 2 is 0.567 bits per heavy atom. The van der Waals surface area contributed by atoms with Gasteiger partial charge in [0.15, 0.2) is 0 Å². The van der Waals surface area contributed by atoms with Crippen molar-refractivity contribution in [3.63, 3.8) is 0 Å². The molecule has 0 radical (unpaired) electrons. The summed E-state index contributed by atoms with van der Waals surface area (Å²) in [4.78, 5) is 0. The van der Waals surface area contributed by atoms with E-state index in [0.717, 1.165) is 0 Å². The molecule has 0 N–H and O–H groups in total. The second-order valence-electron chi connectivity index (χ2n) is 9.71. The van der Waals surface area contributed by atoms with Crippen LogP contribution in [0.25, 0.3) is 0 Å². The van der Waals surface area contributed by atoms with Crippen LogP contribution in [-0.2, 0) is 19.3 Å². The molecule has 0 amide bonds. The zero-order chi connectivity index (χ0) is 21.7. The Kier molecular flexibility index (Phi) is 18.3. The van der Waals surface area contributed by atoms with Gasteiger partial charge >= 0.3 is 0 Å². The first kappa shape index (κ1) is 27.3. The summed E-state index contributed by atoms with van der Waals surface area (Å²) >= 11 is 0. The van der Waals surface area contributed by atoms with Crippen molar-refractivity contribution in [2.24, 2.45) is 0 Å². The standard InChI is InChI=1S/C30H54/c1-4-7-10-13-16-19-22-28-25-29(23-20-17-14-11-8-5-2)27-30(26-28)24-21-18-15-12-9-6-3/h25-27H,4-24H2,1-3H3. The highest BCUT2D eigenvalue weighted by atomic mass is 14.1. The Morgan fingerprint density at radius 1 is 0.333 bits per heavy atom. The van der Waals surface area contributed by atoms with E-state index in [1.807, 2.05) is 0 Å². The van der Waals surface area contributed by atoms with Gasteiger partial charge in [0.05, 0.1) is 0 Å². The van der Waals surface area contributed by atoms with E-state index in [2.05, 4.69) is 39.0 Å². The maximum Gasteiger partial charge on any atom is -0.0279 e. The zero-order valence-corrected chi connectivity index (χ0v) is 21.1. The number of hydrogen-bond donors (Lipinski definition) is 0. The number of rotatable bonds is 21. The lowest BCUT2D eigenvalue weighted by atomic mass is 9.95. The lowest BCUT2D eigenvalue weighted by Crippen LogP contribution is -1.96. The third kappa shape index (κ3) is 15.1. The fourth-order valence-electron chi connectivity index (χ4n) is 4.60. The van der Waals surface area contributed by atoms with Gasteiger partial charge in [0, 0.05) is 0 Å². The molecule has 0 heterocycles. The molecule has 174 valence electrons. The molecular weight excluding hydrogens is 360 g/mol. The van der Waals surface area contributed by atoms with Crippen molar-refractivity contribution in [1.29, 1.82) is 0 Å². The summed E-state index contributed by atoms with van der Waals surface area (Å²) in [6.45, 7) is 6.92. The summed E-state index contributed by atoms with van der Waals surface area (Å²) in [6, 6.07) is 7.63. The van der Waals surface area contributed by atoms with E-state index in [9.17, 15) is 0 Å². The minimum atomic E-state index is 1.29. The van der Waals surface area contributed by atoms with Gasteiger partial charge in [-0.1, -0.05) is 135 Å². The fraction of sp³-hybridized carbons (Fsp3) is 0.800. The lowest BCUT2D eigenvalue weighted by molar-refractivity contribution is 0.601. The molecule has 0 nitrogen and oxygen atoms in total. The van der Waals surface area contributed by atoms with Crippen LogP contribution < -0.4 is 0 Å². The molecule has 0 aliphatic rings. The molecular formula is C30H54. The topological polar surface area (TPSA) is 0 Å². The van der Waals surface area contributed by atoms with Gasteiger partial charge in [-0.3, -0.25) is 0 Å². The van der Waals surface area contributed by atoms with Crippen LogP contribution in [0.4, 0.5) is 0 Å². The summed E-state index contributed by atoms with van der Waals surface area (Å²) in [7, 11) is 0. The molecule has 30 heavy (non-hydrogen) atoms. The summed E-state index contributed by atoms with van der Waals surface area (Å²) in [5, 5.41) is 0. The van der Waals surface area contributed by atoms with E-state index in [1.165, 1.54) is 135 Å². The summed E-state index contributed by atoms with van der Waals surface area (Å²) in [5.41, 5.74) is 4.86. The average molecular weight is 415 g/mol. The Labute approximate surface area is 190 Å². The quantitative estimate of drug-likeness (QED) is 0.175. The van der Waals surface area contributed by atoms with Crippen molar-refractivity contribution in [1.82, 2.24) is 0 Å². The van der Waals surface area contributed by atoms with Gasteiger partial charge in [0.25, 0.3) is 0 Å². The highest BCUT2D eigenvalue weighted by Gasteiger charge is 2.04. The number of aryl methyl sites for hydroxylation is 3. The van der Waals surface area contributed by atoms with Gasteiger partial charge in [-0.2, -0.15) is 0 Å². The van der Waals surface area contributed by atoms with Crippen LogP contribution in [0.5, 0.6) is 0 Å². The van der Waals surface area contributed by atoms with E-state index in [-0.39, 0.29) is 0 Å². The van der Waals surface area contributed by atoms with Gasteiger partial charge in [-0.15, -0.1) is 0 Å². The third-order valence-corrected chi connectivity index (χ3v) is 6.57. The summed E-state index contributed by atoms with van der Waals surface area (Å²) in [5.74, 6) is 0. The molecule has 0 bridgehead atoms. The van der Waals surface area contributed by atoms with Crippen molar-refractivity contribution in [3.8, 4) is 0 Å². The van der Waals surface area contributed by atoms with E-state index in [1.54, 1.807) is 16.7 Å². The van der Waals surface area contributed by atoms with Crippen molar-refractivity contribution >= 4 is 0 Å². The Balaban J connectivity index is 2.47. The van der Waals surface area contributed by atoms with E-state index in [4.69, 9.17) is 0 Å². The molecule has 0 unspecified atom stereocenters. The molecule has 0 saturated carbocycles. The van der Waals surface area contributed by atoms with Crippen LogP contribution in [0.1, 0.15) is 153 Å². The molecule has 0 saturated heterocycles. The van der Waals surface area contributed by atoms with Crippen molar-refractivity contribution in [2.45, 2.75) is 156 Å². The van der Waals surface area contributed by atoms with E-state index >= 15 is 0 Å². The minimum absolute atomic E-state index is 1.29. The molecule has 0 aliphatic heterocycles. The van der Waals surface area contributed by atoms with Crippen LogP contribution in [0.2, 0.25) is 0 Å². The van der Waals surface area contributed by atoms with Crippen molar-refractivity contribution in [2.75, 3.05) is 0 Å².